The van der Waals surface area contributed by atoms with Crippen LogP contribution in [0.1, 0.15) is 99.3 Å². The minimum Gasteiger partial charge on any atom is -0.459 e. The molecule has 0 amide bonds. The van der Waals surface area contributed by atoms with Crippen LogP contribution in [0, 0.1) is 39.9 Å². The Balaban J connectivity index is 1.55. The van der Waals surface area contributed by atoms with Gasteiger partial charge < -0.3 is 4.74 Å². The summed E-state index contributed by atoms with van der Waals surface area (Å²) < 4.78 is 6.48. The molecule has 2 heteroatoms. The van der Waals surface area contributed by atoms with Gasteiger partial charge in [0.05, 0.1) is 5.41 Å². The lowest BCUT2D eigenvalue weighted by Gasteiger charge is -2.55. The first-order valence-corrected chi connectivity index (χ1v) is 11.2. The van der Waals surface area contributed by atoms with Crippen molar-refractivity contribution in [1.82, 2.24) is 0 Å². The minimum absolute atomic E-state index is 0.111. The molecule has 0 aromatic carbocycles. The van der Waals surface area contributed by atoms with E-state index in [-0.39, 0.29) is 27.8 Å². The topological polar surface area (TPSA) is 26.3 Å². The van der Waals surface area contributed by atoms with Crippen molar-refractivity contribution in [2.45, 2.75) is 105 Å². The molecule has 0 aromatic heterocycles. The lowest BCUT2D eigenvalue weighted by Crippen LogP contribution is -2.54. The Bertz CT molecular complexity index is 568. The molecule has 5 aliphatic rings. The average molecular weight is 361 g/mol. The Kier molecular flexibility index (Phi) is 4.15. The van der Waals surface area contributed by atoms with Crippen molar-refractivity contribution in [3.63, 3.8) is 0 Å². The third-order valence-corrected chi connectivity index (χ3v) is 8.69. The highest BCUT2D eigenvalue weighted by Gasteiger charge is 2.63. The number of rotatable bonds is 4. The van der Waals surface area contributed by atoms with E-state index in [4.69, 9.17) is 4.74 Å². The molecule has 4 unspecified atom stereocenters. The van der Waals surface area contributed by atoms with Crippen LogP contribution in [0.5, 0.6) is 0 Å². The molecule has 148 valence electrons. The van der Waals surface area contributed by atoms with Gasteiger partial charge in [-0.25, -0.2) is 0 Å². The van der Waals surface area contributed by atoms with Crippen LogP contribution in [-0.2, 0) is 9.53 Å². The van der Waals surface area contributed by atoms with E-state index in [9.17, 15) is 4.79 Å². The Morgan fingerprint density at radius 1 is 0.923 bits per heavy atom. The van der Waals surface area contributed by atoms with Gasteiger partial charge in [-0.05, 0) is 87.9 Å². The first-order chi connectivity index (χ1) is 11.9. The smallest absolute Gasteiger partial charge is 0.312 e. The average Bonchev–Trinajstić information content (AvgIpc) is 3.17. The second-order valence-electron chi connectivity index (χ2n) is 12.4. The minimum atomic E-state index is -0.322. The van der Waals surface area contributed by atoms with Gasteiger partial charge in [0.15, 0.2) is 0 Å². The molecule has 0 spiro atoms. The molecule has 4 atom stereocenters. The molecule has 0 saturated heterocycles. The Morgan fingerprint density at radius 3 is 1.88 bits per heavy atom. The van der Waals surface area contributed by atoms with Crippen LogP contribution >= 0.6 is 0 Å². The van der Waals surface area contributed by atoms with Gasteiger partial charge in [0.1, 0.15) is 5.60 Å². The van der Waals surface area contributed by atoms with E-state index >= 15 is 0 Å². The van der Waals surface area contributed by atoms with Crippen LogP contribution in [0.2, 0.25) is 0 Å². The zero-order valence-corrected chi connectivity index (χ0v) is 18.0. The van der Waals surface area contributed by atoms with Gasteiger partial charge in [-0.1, -0.05) is 40.5 Å². The van der Waals surface area contributed by atoms with Crippen molar-refractivity contribution in [2.75, 3.05) is 0 Å². The molecule has 0 radical (unpaired) electrons. The van der Waals surface area contributed by atoms with Gasteiger partial charge in [0.25, 0.3) is 0 Å². The van der Waals surface area contributed by atoms with E-state index in [2.05, 4.69) is 41.5 Å². The fraction of sp³-hybridized carbons (Fsp3) is 0.958. The van der Waals surface area contributed by atoms with Gasteiger partial charge in [-0.2, -0.15) is 0 Å². The van der Waals surface area contributed by atoms with Gasteiger partial charge in [-0.15, -0.1) is 0 Å². The molecule has 0 heterocycles. The molecular weight excluding hydrogens is 320 g/mol. The summed E-state index contributed by atoms with van der Waals surface area (Å²) in [6, 6.07) is 0. The number of carbonyl (C=O) groups is 1. The summed E-state index contributed by atoms with van der Waals surface area (Å²) in [5.74, 6) is 3.23. The SMILES string of the molecule is CC1CC1(CC(C)(C)C)C(=O)OC(C)(C)C12CC3CCC(CC(C3)C1)C2. The molecular formula is C24H40O2. The number of fused-ring (bicyclic) bond motifs is 1. The highest BCUT2D eigenvalue weighted by molar-refractivity contribution is 5.81. The van der Waals surface area contributed by atoms with E-state index in [1.165, 1.54) is 44.9 Å². The summed E-state index contributed by atoms with van der Waals surface area (Å²) in [6.45, 7) is 13.5. The van der Waals surface area contributed by atoms with E-state index in [0.29, 0.717) is 5.92 Å². The van der Waals surface area contributed by atoms with Gasteiger partial charge >= 0.3 is 5.97 Å². The Morgan fingerprint density at radius 2 is 1.42 bits per heavy atom. The molecule has 5 fully saturated rings. The quantitative estimate of drug-likeness (QED) is 0.544. The lowest BCUT2D eigenvalue weighted by atomic mass is 9.53. The summed E-state index contributed by atoms with van der Waals surface area (Å²) in [5.41, 5.74) is -0.131. The molecule has 4 bridgehead atoms. The maximum atomic E-state index is 13.4. The number of hydrogen-bond acceptors (Lipinski definition) is 2. The third-order valence-electron chi connectivity index (χ3n) is 8.69. The van der Waals surface area contributed by atoms with E-state index < -0.39 is 0 Å². The zero-order valence-electron chi connectivity index (χ0n) is 18.0. The van der Waals surface area contributed by atoms with Crippen molar-refractivity contribution in [2.24, 2.45) is 39.9 Å². The molecule has 5 aliphatic carbocycles. The molecule has 5 rings (SSSR count). The summed E-state index contributed by atoms with van der Waals surface area (Å²) in [6.07, 6.45) is 11.6. The van der Waals surface area contributed by atoms with Crippen molar-refractivity contribution >= 4 is 5.97 Å². The fourth-order valence-corrected chi connectivity index (χ4v) is 7.41. The highest BCUT2D eigenvalue weighted by Crippen LogP contribution is 2.64. The maximum absolute atomic E-state index is 13.4. The Labute approximate surface area is 160 Å². The van der Waals surface area contributed by atoms with Crippen LogP contribution < -0.4 is 0 Å². The molecule has 26 heavy (non-hydrogen) atoms. The largest absolute Gasteiger partial charge is 0.459 e. The second-order valence-corrected chi connectivity index (χ2v) is 12.4. The Hall–Kier alpha value is -0.530. The van der Waals surface area contributed by atoms with E-state index in [0.717, 1.165) is 30.6 Å². The molecule has 0 aromatic rings. The predicted molar refractivity (Wildman–Crippen MR) is 106 cm³/mol. The van der Waals surface area contributed by atoms with E-state index in [1.807, 2.05) is 0 Å². The monoisotopic (exact) mass is 360 g/mol. The van der Waals surface area contributed by atoms with Crippen LogP contribution in [0.3, 0.4) is 0 Å². The van der Waals surface area contributed by atoms with Gasteiger partial charge in [-0.3, -0.25) is 4.79 Å². The maximum Gasteiger partial charge on any atom is 0.312 e. The van der Waals surface area contributed by atoms with Crippen LogP contribution in [-0.4, -0.2) is 11.6 Å². The van der Waals surface area contributed by atoms with Crippen molar-refractivity contribution in [1.29, 1.82) is 0 Å². The van der Waals surface area contributed by atoms with Crippen molar-refractivity contribution < 1.29 is 9.53 Å². The zero-order chi connectivity index (χ0) is 19.0. The molecule has 0 N–H and O–H groups in total. The van der Waals surface area contributed by atoms with Crippen molar-refractivity contribution in [3.8, 4) is 0 Å². The van der Waals surface area contributed by atoms with Crippen LogP contribution in [0.15, 0.2) is 0 Å². The molecule has 5 saturated carbocycles. The first-order valence-electron chi connectivity index (χ1n) is 11.2. The molecule has 2 nitrogen and oxygen atoms in total. The predicted octanol–water partition coefficient (Wildman–Crippen LogP) is 6.38. The standard InChI is InChI=1S/C24H40O2/c1-16-11-24(16,15-21(2,3)4)20(25)26-22(5,6)23-12-17-7-8-18(13-23)10-19(9-17)14-23/h16-19H,7-15H2,1-6H3. The van der Waals surface area contributed by atoms with E-state index in [1.54, 1.807) is 0 Å². The second kappa shape index (κ2) is 5.74. The lowest BCUT2D eigenvalue weighted by molar-refractivity contribution is -0.193. The first kappa shape index (κ1) is 18.8. The van der Waals surface area contributed by atoms with Crippen LogP contribution in [0.25, 0.3) is 0 Å². The number of esters is 1. The summed E-state index contributed by atoms with van der Waals surface area (Å²) in [5, 5.41) is 0. The molecule has 0 aliphatic heterocycles. The van der Waals surface area contributed by atoms with Gasteiger partial charge in [0.2, 0.25) is 0 Å². The summed E-state index contributed by atoms with van der Waals surface area (Å²) in [4.78, 5) is 13.4. The number of hydrogen-bond donors (Lipinski definition) is 0. The third kappa shape index (κ3) is 3.04. The summed E-state index contributed by atoms with van der Waals surface area (Å²) in [7, 11) is 0. The summed E-state index contributed by atoms with van der Waals surface area (Å²) >= 11 is 0. The highest BCUT2D eigenvalue weighted by atomic mass is 16.6. The fourth-order valence-electron chi connectivity index (χ4n) is 7.41. The number of carbonyl (C=O) groups excluding carboxylic acids is 1. The van der Waals surface area contributed by atoms with Gasteiger partial charge in [0, 0.05) is 5.41 Å². The number of ether oxygens (including phenoxy) is 1. The van der Waals surface area contributed by atoms with Crippen LogP contribution in [0.4, 0.5) is 0 Å². The normalized spacial score (nSPS) is 44.7. The van der Waals surface area contributed by atoms with Crippen molar-refractivity contribution in [3.05, 3.63) is 0 Å².